The zero-order chi connectivity index (χ0) is 20.2. The van der Waals surface area contributed by atoms with Crippen LogP contribution >= 0.6 is 0 Å². The van der Waals surface area contributed by atoms with E-state index in [0.717, 1.165) is 32.4 Å². The fourth-order valence-corrected chi connectivity index (χ4v) is 4.65. The molecule has 2 aromatic carbocycles. The first-order chi connectivity index (χ1) is 14.2. The van der Waals surface area contributed by atoms with E-state index < -0.39 is 6.67 Å². The Morgan fingerprint density at radius 2 is 1.67 bits per heavy atom. The molecule has 1 N–H and O–H groups in total. The van der Waals surface area contributed by atoms with Crippen LogP contribution in [0, 0.1) is 5.92 Å². The first kappa shape index (κ1) is 22.4. The van der Waals surface area contributed by atoms with Crippen LogP contribution in [0.1, 0.15) is 41.8 Å². The number of fused-ring (bicyclic) bond motifs is 1. The normalized spacial score (nSPS) is 22.1. The molecule has 1 heterocycles. The lowest BCUT2D eigenvalue weighted by Gasteiger charge is -2.41. The maximum absolute atomic E-state index is 12.9. The highest BCUT2D eigenvalue weighted by Gasteiger charge is 2.35. The van der Waals surface area contributed by atoms with E-state index in [1.165, 1.54) is 11.1 Å². The standard InChI is InChI=1S/C24H28FNO3.CH4/c25-11-14-29-21-7-5-17(6-8-21)24(28)18-9-12-26(13-10-18)22-15-19-3-1-2-4-20(19)16-23(22)27;/h1-8,18,22-23,27H,9-16H2;1H4. The number of hydrogen-bond acceptors (Lipinski definition) is 4. The van der Waals surface area contributed by atoms with Crippen molar-refractivity contribution in [2.45, 2.75) is 45.3 Å². The van der Waals surface area contributed by atoms with Crippen molar-refractivity contribution < 1.29 is 19.0 Å². The van der Waals surface area contributed by atoms with Crippen LogP contribution in [0.4, 0.5) is 4.39 Å². The predicted octanol–water partition coefficient (Wildman–Crippen LogP) is 4.09. The Balaban J connectivity index is 0.00000256. The van der Waals surface area contributed by atoms with Gasteiger partial charge >= 0.3 is 0 Å². The highest BCUT2D eigenvalue weighted by atomic mass is 19.1. The van der Waals surface area contributed by atoms with Gasteiger partial charge in [0.15, 0.2) is 5.78 Å². The number of halogens is 1. The molecule has 0 bridgehead atoms. The summed E-state index contributed by atoms with van der Waals surface area (Å²) in [5.41, 5.74) is 3.26. The first-order valence-electron chi connectivity index (χ1n) is 10.5. The molecule has 30 heavy (non-hydrogen) atoms. The number of benzene rings is 2. The molecule has 2 aliphatic rings. The molecule has 1 aliphatic heterocycles. The van der Waals surface area contributed by atoms with Gasteiger partial charge in [0.2, 0.25) is 0 Å². The zero-order valence-electron chi connectivity index (χ0n) is 16.6. The Labute approximate surface area is 178 Å². The van der Waals surface area contributed by atoms with Gasteiger partial charge in [-0.3, -0.25) is 9.69 Å². The van der Waals surface area contributed by atoms with Crippen LogP contribution in [0.25, 0.3) is 0 Å². The summed E-state index contributed by atoms with van der Waals surface area (Å²) >= 11 is 0. The fourth-order valence-electron chi connectivity index (χ4n) is 4.65. The van der Waals surface area contributed by atoms with Crippen molar-refractivity contribution in [1.29, 1.82) is 0 Å². The zero-order valence-corrected chi connectivity index (χ0v) is 16.6. The molecule has 2 aromatic rings. The average molecular weight is 414 g/mol. The summed E-state index contributed by atoms with van der Waals surface area (Å²) in [6.07, 6.45) is 2.84. The van der Waals surface area contributed by atoms with Gasteiger partial charge in [-0.05, 0) is 67.7 Å². The number of aliphatic hydroxyl groups excluding tert-OH is 1. The van der Waals surface area contributed by atoms with E-state index in [-0.39, 0.29) is 37.9 Å². The van der Waals surface area contributed by atoms with Crippen molar-refractivity contribution in [2.24, 2.45) is 5.92 Å². The quantitative estimate of drug-likeness (QED) is 0.725. The van der Waals surface area contributed by atoms with E-state index in [1.54, 1.807) is 24.3 Å². The number of piperidine rings is 1. The number of Topliss-reactive ketones (excluding diaryl/α,β-unsaturated/α-hetero) is 1. The second-order valence-corrected chi connectivity index (χ2v) is 8.05. The van der Waals surface area contributed by atoms with Crippen LogP contribution in [0.3, 0.4) is 0 Å². The molecule has 0 spiro atoms. The number of hydrogen-bond donors (Lipinski definition) is 1. The predicted molar refractivity (Wildman–Crippen MR) is 117 cm³/mol. The molecule has 4 rings (SSSR count). The Morgan fingerprint density at radius 3 is 2.30 bits per heavy atom. The largest absolute Gasteiger partial charge is 0.491 e. The number of aliphatic hydroxyl groups is 1. The Hall–Kier alpha value is -2.24. The second-order valence-electron chi connectivity index (χ2n) is 8.05. The molecule has 4 nitrogen and oxygen atoms in total. The van der Waals surface area contributed by atoms with Gasteiger partial charge in [-0.25, -0.2) is 4.39 Å². The van der Waals surface area contributed by atoms with Gasteiger partial charge in [-0.15, -0.1) is 0 Å². The van der Waals surface area contributed by atoms with E-state index >= 15 is 0 Å². The Morgan fingerprint density at radius 1 is 1.03 bits per heavy atom. The number of ether oxygens (including phenoxy) is 1. The molecule has 0 radical (unpaired) electrons. The fraction of sp³-hybridized carbons (Fsp3) is 0.480. The van der Waals surface area contributed by atoms with Crippen LogP contribution in [0.15, 0.2) is 48.5 Å². The van der Waals surface area contributed by atoms with Gasteiger partial charge in [0, 0.05) is 23.9 Å². The maximum Gasteiger partial charge on any atom is 0.166 e. The van der Waals surface area contributed by atoms with Gasteiger partial charge in [0.05, 0.1) is 6.10 Å². The molecule has 2 unspecified atom stereocenters. The van der Waals surface area contributed by atoms with E-state index in [1.807, 2.05) is 6.07 Å². The van der Waals surface area contributed by atoms with E-state index in [4.69, 9.17) is 4.74 Å². The lowest BCUT2D eigenvalue weighted by molar-refractivity contribution is 0.0239. The number of carbonyl (C=O) groups is 1. The number of ketones is 1. The highest BCUT2D eigenvalue weighted by Crippen LogP contribution is 2.29. The monoisotopic (exact) mass is 413 g/mol. The summed E-state index contributed by atoms with van der Waals surface area (Å²) in [6.45, 7) is 1.17. The van der Waals surface area contributed by atoms with Crippen molar-refractivity contribution in [3.8, 4) is 5.75 Å². The van der Waals surface area contributed by atoms with E-state index in [9.17, 15) is 14.3 Å². The number of alkyl halides is 1. The second kappa shape index (κ2) is 10.2. The molecule has 2 atom stereocenters. The first-order valence-corrected chi connectivity index (χ1v) is 10.5. The van der Waals surface area contributed by atoms with Crippen LogP contribution in [0.2, 0.25) is 0 Å². The van der Waals surface area contributed by atoms with E-state index in [2.05, 4.69) is 23.1 Å². The van der Waals surface area contributed by atoms with Gasteiger partial charge in [0.1, 0.15) is 19.0 Å². The summed E-state index contributed by atoms with van der Waals surface area (Å²) in [5.74, 6) is 0.758. The number of likely N-dealkylation sites (tertiary alicyclic amines) is 1. The lowest BCUT2D eigenvalue weighted by atomic mass is 9.83. The van der Waals surface area contributed by atoms with Gasteiger partial charge in [0.25, 0.3) is 0 Å². The maximum atomic E-state index is 12.9. The van der Waals surface area contributed by atoms with Crippen LogP contribution in [0.5, 0.6) is 5.75 Å². The molecular formula is C25H32FNO3. The topological polar surface area (TPSA) is 49.8 Å². The van der Waals surface area contributed by atoms with Crippen LogP contribution in [-0.2, 0) is 12.8 Å². The van der Waals surface area contributed by atoms with Crippen molar-refractivity contribution in [2.75, 3.05) is 26.4 Å². The molecule has 1 saturated heterocycles. The molecule has 0 saturated carbocycles. The third-order valence-corrected chi connectivity index (χ3v) is 6.27. The van der Waals surface area contributed by atoms with Crippen molar-refractivity contribution in [3.63, 3.8) is 0 Å². The highest BCUT2D eigenvalue weighted by molar-refractivity contribution is 5.98. The van der Waals surface area contributed by atoms with Gasteiger partial charge in [-0.2, -0.15) is 0 Å². The summed E-state index contributed by atoms with van der Waals surface area (Å²) in [7, 11) is 0. The van der Waals surface area contributed by atoms with Crippen molar-refractivity contribution in [1.82, 2.24) is 4.90 Å². The minimum atomic E-state index is -0.527. The van der Waals surface area contributed by atoms with Crippen molar-refractivity contribution in [3.05, 3.63) is 65.2 Å². The summed E-state index contributed by atoms with van der Waals surface area (Å²) in [4.78, 5) is 15.2. The van der Waals surface area contributed by atoms with Crippen molar-refractivity contribution >= 4 is 5.78 Å². The molecule has 1 fully saturated rings. The number of nitrogens with zero attached hydrogens (tertiary/aromatic N) is 1. The minimum absolute atomic E-state index is 0. The number of carbonyl (C=O) groups excluding carboxylic acids is 1. The molecular weight excluding hydrogens is 381 g/mol. The third-order valence-electron chi connectivity index (χ3n) is 6.27. The van der Waals surface area contributed by atoms with Crippen LogP contribution < -0.4 is 4.74 Å². The van der Waals surface area contributed by atoms with Crippen LogP contribution in [-0.4, -0.2) is 54.3 Å². The Bertz CT molecular complexity index is 831. The number of rotatable bonds is 6. The summed E-state index contributed by atoms with van der Waals surface area (Å²) < 4.78 is 17.4. The average Bonchev–Trinajstić information content (AvgIpc) is 2.77. The molecule has 162 valence electrons. The van der Waals surface area contributed by atoms with Gasteiger partial charge < -0.3 is 9.84 Å². The summed E-state index contributed by atoms with van der Waals surface area (Å²) in [5, 5.41) is 10.7. The van der Waals surface area contributed by atoms with Gasteiger partial charge in [-0.1, -0.05) is 31.7 Å². The molecule has 0 amide bonds. The SMILES string of the molecule is C.O=C(c1ccc(OCCF)cc1)C1CCN(C2Cc3ccccc3CC2O)CC1. The van der Waals surface area contributed by atoms with E-state index in [0.29, 0.717) is 17.7 Å². The Kier molecular flexibility index (Phi) is 7.62. The molecule has 1 aliphatic carbocycles. The smallest absolute Gasteiger partial charge is 0.166 e. The summed E-state index contributed by atoms with van der Waals surface area (Å²) in [6, 6.07) is 15.5. The third kappa shape index (κ3) is 4.90. The lowest BCUT2D eigenvalue weighted by Crippen LogP contribution is -2.51. The molecule has 5 heteroatoms. The minimum Gasteiger partial charge on any atom is -0.491 e. The molecule has 0 aromatic heterocycles.